The minimum atomic E-state index is -0.495. The smallest absolute Gasteiger partial charge is 0.319 e. The topological polar surface area (TPSA) is 50.4 Å². The molecule has 0 fully saturated rings. The van der Waals surface area contributed by atoms with Crippen molar-refractivity contribution in [2.75, 3.05) is 12.4 Å². The molecule has 0 aromatic heterocycles. The van der Waals surface area contributed by atoms with Crippen LogP contribution in [-0.4, -0.2) is 13.1 Å². The number of rotatable bonds is 5. The Morgan fingerprint density at radius 1 is 1.12 bits per heavy atom. The number of carbonyl (C=O) groups excluding carboxylic acids is 1. The molecule has 2 N–H and O–H groups in total. The maximum atomic E-state index is 12.5. The second-order valence-corrected chi connectivity index (χ2v) is 6.40. The first-order valence-electron chi connectivity index (χ1n) is 8.19. The molecule has 4 nitrogen and oxygen atoms in total. The van der Waals surface area contributed by atoms with Gasteiger partial charge in [-0.25, -0.2) is 4.79 Å². The lowest BCUT2D eigenvalue weighted by atomic mass is 9.94. The van der Waals surface area contributed by atoms with Crippen LogP contribution in [0.2, 0.25) is 0 Å². The molecule has 0 unspecified atom stereocenters. The number of carbonyl (C=O) groups is 1. The number of hydrogen-bond donors (Lipinski definition) is 2. The van der Waals surface area contributed by atoms with Crippen molar-refractivity contribution < 1.29 is 9.53 Å². The first-order valence-corrected chi connectivity index (χ1v) is 8.19. The molecule has 2 aromatic rings. The second kappa shape index (κ2) is 7.39. The van der Waals surface area contributed by atoms with Crippen molar-refractivity contribution in [2.24, 2.45) is 0 Å². The normalized spacial score (nSPS) is 11.0. The van der Waals surface area contributed by atoms with Crippen LogP contribution in [0.3, 0.4) is 0 Å². The van der Waals surface area contributed by atoms with E-state index >= 15 is 0 Å². The van der Waals surface area contributed by atoms with Crippen molar-refractivity contribution >= 4 is 11.7 Å². The van der Waals surface area contributed by atoms with Gasteiger partial charge in [-0.2, -0.15) is 0 Å². The van der Waals surface area contributed by atoms with Gasteiger partial charge < -0.3 is 15.4 Å². The predicted octanol–water partition coefficient (Wildman–Crippen LogP) is 4.62. The molecular formula is C20H26N2O2. The maximum Gasteiger partial charge on any atom is 0.319 e. The molecule has 2 amide bonds. The lowest BCUT2D eigenvalue weighted by Crippen LogP contribution is -2.43. The number of amides is 2. The van der Waals surface area contributed by atoms with Crippen LogP contribution in [0.1, 0.15) is 37.5 Å². The standard InChI is InChI=1S/C20H26N2O2/c1-6-15-9-7-8-14(2)18(15)21-19(23)22-20(3,4)16-10-12-17(24-5)13-11-16/h7-13H,6H2,1-5H3,(H2,21,22,23). The van der Waals surface area contributed by atoms with Crippen LogP contribution in [0.5, 0.6) is 5.75 Å². The average Bonchev–Trinajstić information content (AvgIpc) is 2.56. The van der Waals surface area contributed by atoms with Gasteiger partial charge in [-0.3, -0.25) is 0 Å². The highest BCUT2D eigenvalue weighted by Gasteiger charge is 2.23. The molecule has 0 saturated heterocycles. The fourth-order valence-corrected chi connectivity index (χ4v) is 2.71. The number of nitrogens with one attached hydrogen (secondary N) is 2. The summed E-state index contributed by atoms with van der Waals surface area (Å²) in [6, 6.07) is 13.6. The van der Waals surface area contributed by atoms with Crippen molar-refractivity contribution in [1.82, 2.24) is 5.32 Å². The van der Waals surface area contributed by atoms with E-state index in [0.29, 0.717) is 0 Å². The van der Waals surface area contributed by atoms with E-state index in [0.717, 1.165) is 34.5 Å². The number of urea groups is 1. The van der Waals surface area contributed by atoms with Gasteiger partial charge in [-0.15, -0.1) is 0 Å². The maximum absolute atomic E-state index is 12.5. The van der Waals surface area contributed by atoms with Crippen molar-refractivity contribution in [2.45, 2.75) is 39.7 Å². The largest absolute Gasteiger partial charge is 0.497 e. The Morgan fingerprint density at radius 2 is 1.79 bits per heavy atom. The summed E-state index contributed by atoms with van der Waals surface area (Å²) in [4.78, 5) is 12.5. The molecule has 0 bridgehead atoms. The van der Waals surface area contributed by atoms with Gasteiger partial charge in [0.1, 0.15) is 5.75 Å². The van der Waals surface area contributed by atoms with Crippen molar-refractivity contribution in [3.63, 3.8) is 0 Å². The van der Waals surface area contributed by atoms with Crippen LogP contribution in [-0.2, 0) is 12.0 Å². The Labute approximate surface area is 144 Å². The summed E-state index contributed by atoms with van der Waals surface area (Å²) >= 11 is 0. The zero-order valence-corrected chi connectivity index (χ0v) is 15.1. The summed E-state index contributed by atoms with van der Waals surface area (Å²) in [6.07, 6.45) is 0.874. The quantitative estimate of drug-likeness (QED) is 0.842. The molecule has 128 valence electrons. The molecule has 0 aliphatic carbocycles. The minimum absolute atomic E-state index is 0.209. The van der Waals surface area contributed by atoms with Crippen molar-refractivity contribution in [3.8, 4) is 5.75 Å². The molecule has 0 spiro atoms. The summed E-state index contributed by atoms with van der Waals surface area (Å²) in [5.41, 5.74) is 3.60. The molecule has 0 atom stereocenters. The molecular weight excluding hydrogens is 300 g/mol. The van der Waals surface area contributed by atoms with Crippen LogP contribution in [0.25, 0.3) is 0 Å². The summed E-state index contributed by atoms with van der Waals surface area (Å²) < 4.78 is 5.18. The highest BCUT2D eigenvalue weighted by atomic mass is 16.5. The molecule has 0 aliphatic rings. The third-order valence-electron chi connectivity index (χ3n) is 4.22. The van der Waals surface area contributed by atoms with Crippen molar-refractivity contribution in [1.29, 1.82) is 0 Å². The zero-order chi connectivity index (χ0) is 17.7. The van der Waals surface area contributed by atoms with Gasteiger partial charge >= 0.3 is 6.03 Å². The molecule has 4 heteroatoms. The Hall–Kier alpha value is -2.49. The molecule has 2 aromatic carbocycles. The van der Waals surface area contributed by atoms with E-state index in [9.17, 15) is 4.79 Å². The van der Waals surface area contributed by atoms with E-state index < -0.39 is 5.54 Å². The second-order valence-electron chi connectivity index (χ2n) is 6.40. The van der Waals surface area contributed by atoms with E-state index in [4.69, 9.17) is 4.74 Å². The lowest BCUT2D eigenvalue weighted by Gasteiger charge is -2.27. The van der Waals surface area contributed by atoms with Crippen LogP contribution < -0.4 is 15.4 Å². The fourth-order valence-electron chi connectivity index (χ4n) is 2.71. The van der Waals surface area contributed by atoms with E-state index in [1.54, 1.807) is 7.11 Å². The van der Waals surface area contributed by atoms with Gasteiger partial charge in [0, 0.05) is 5.69 Å². The van der Waals surface area contributed by atoms with E-state index in [-0.39, 0.29) is 6.03 Å². The highest BCUT2D eigenvalue weighted by Crippen LogP contribution is 2.24. The van der Waals surface area contributed by atoms with Crippen LogP contribution >= 0.6 is 0 Å². The van der Waals surface area contributed by atoms with E-state index in [2.05, 4.69) is 17.6 Å². The van der Waals surface area contributed by atoms with Gasteiger partial charge in [-0.1, -0.05) is 37.3 Å². The third kappa shape index (κ3) is 4.07. The highest BCUT2D eigenvalue weighted by molar-refractivity contribution is 5.91. The number of anilines is 1. The third-order valence-corrected chi connectivity index (χ3v) is 4.22. The summed E-state index contributed by atoms with van der Waals surface area (Å²) in [5, 5.41) is 6.05. The van der Waals surface area contributed by atoms with Crippen LogP contribution in [0, 0.1) is 6.92 Å². The predicted molar refractivity (Wildman–Crippen MR) is 98.7 cm³/mol. The summed E-state index contributed by atoms with van der Waals surface area (Å²) in [6.45, 7) is 8.04. The van der Waals surface area contributed by atoms with Crippen LogP contribution in [0.4, 0.5) is 10.5 Å². The number of para-hydroxylation sites is 1. The Morgan fingerprint density at radius 3 is 2.38 bits per heavy atom. The number of methoxy groups -OCH3 is 1. The van der Waals surface area contributed by atoms with Gasteiger partial charge in [0.25, 0.3) is 0 Å². The molecule has 0 heterocycles. The Bertz CT molecular complexity index is 706. The molecule has 2 rings (SSSR count). The SMILES string of the molecule is CCc1cccc(C)c1NC(=O)NC(C)(C)c1ccc(OC)cc1. The monoisotopic (exact) mass is 326 g/mol. The van der Waals surface area contributed by atoms with E-state index in [1.807, 2.05) is 63.2 Å². The summed E-state index contributed by atoms with van der Waals surface area (Å²) in [5.74, 6) is 0.798. The zero-order valence-electron chi connectivity index (χ0n) is 15.1. The molecule has 0 radical (unpaired) electrons. The average molecular weight is 326 g/mol. The Balaban J connectivity index is 2.13. The molecule has 0 aliphatic heterocycles. The molecule has 0 saturated carbocycles. The fraction of sp³-hybridized carbons (Fsp3) is 0.350. The molecule has 24 heavy (non-hydrogen) atoms. The van der Waals surface area contributed by atoms with Crippen LogP contribution in [0.15, 0.2) is 42.5 Å². The van der Waals surface area contributed by atoms with Gasteiger partial charge in [0.2, 0.25) is 0 Å². The Kier molecular flexibility index (Phi) is 5.50. The number of aryl methyl sites for hydroxylation is 2. The van der Waals surface area contributed by atoms with E-state index in [1.165, 1.54) is 0 Å². The lowest BCUT2D eigenvalue weighted by molar-refractivity contribution is 0.242. The summed E-state index contributed by atoms with van der Waals surface area (Å²) in [7, 11) is 1.64. The number of hydrogen-bond acceptors (Lipinski definition) is 2. The van der Waals surface area contributed by atoms with Gasteiger partial charge in [0.05, 0.1) is 12.6 Å². The number of ether oxygens (including phenoxy) is 1. The first kappa shape index (κ1) is 17.9. The first-order chi connectivity index (χ1) is 11.4. The van der Waals surface area contributed by atoms with Crippen molar-refractivity contribution in [3.05, 3.63) is 59.2 Å². The minimum Gasteiger partial charge on any atom is -0.497 e. The van der Waals surface area contributed by atoms with Gasteiger partial charge in [0.15, 0.2) is 0 Å². The number of benzene rings is 2. The van der Waals surface area contributed by atoms with Gasteiger partial charge in [-0.05, 0) is 56.0 Å².